The van der Waals surface area contributed by atoms with Gasteiger partial charge in [-0.25, -0.2) is 0 Å². The summed E-state index contributed by atoms with van der Waals surface area (Å²) in [5.41, 5.74) is 1.74. The topological polar surface area (TPSA) is 48.0 Å². The summed E-state index contributed by atoms with van der Waals surface area (Å²) in [5, 5.41) is 0. The average molecular weight is 358 g/mol. The normalized spacial score (nSPS) is 10.9. The van der Waals surface area contributed by atoms with Crippen LogP contribution in [0.5, 0.6) is 5.75 Å². The van der Waals surface area contributed by atoms with Gasteiger partial charge in [0.25, 0.3) is 0 Å². The van der Waals surface area contributed by atoms with Crippen molar-refractivity contribution in [1.29, 1.82) is 0 Å². The third-order valence-electron chi connectivity index (χ3n) is 3.45. The number of halogens is 1. The van der Waals surface area contributed by atoms with Gasteiger partial charge in [0.05, 0.1) is 12.3 Å². The molecule has 0 heterocycles. The first-order valence-corrected chi connectivity index (χ1v) is 8.87. The summed E-state index contributed by atoms with van der Waals surface area (Å²) in [4.78, 5) is 13.9. The lowest BCUT2D eigenvalue weighted by Gasteiger charge is -2.28. The smallest absolute Gasteiger partial charge is 0.243 e. The maximum atomic E-state index is 12.4. The molecule has 1 rings (SSSR count). The number of hydrogen-bond acceptors (Lipinski definition) is 4. The molecule has 24 heavy (non-hydrogen) atoms. The van der Waals surface area contributed by atoms with Crippen LogP contribution in [0, 0.1) is 0 Å². The monoisotopic (exact) mass is 357 g/mol. The Balaban J connectivity index is 3.18. The van der Waals surface area contributed by atoms with Crippen LogP contribution in [0.4, 0.5) is 5.69 Å². The molecule has 0 atom stereocenters. The molecule has 0 radical (unpaired) electrons. The van der Waals surface area contributed by atoms with Crippen molar-refractivity contribution < 1.29 is 19.0 Å². The van der Waals surface area contributed by atoms with Gasteiger partial charge in [0.1, 0.15) is 25.0 Å². The van der Waals surface area contributed by atoms with Gasteiger partial charge >= 0.3 is 0 Å². The van der Waals surface area contributed by atoms with Crippen molar-refractivity contribution in [2.45, 2.75) is 33.6 Å². The van der Waals surface area contributed by atoms with Crippen LogP contribution in [0.1, 0.15) is 39.2 Å². The number of alkyl halides is 1. The first-order valence-electron chi connectivity index (χ1n) is 8.34. The molecule has 1 aromatic carbocycles. The minimum atomic E-state index is -0.215. The molecule has 1 aromatic rings. The van der Waals surface area contributed by atoms with Crippen molar-refractivity contribution in [2.24, 2.45) is 0 Å². The highest BCUT2D eigenvalue weighted by Crippen LogP contribution is 2.36. The summed E-state index contributed by atoms with van der Waals surface area (Å²) in [5.74, 6) is 0.535. The Bertz CT molecular complexity index is 508. The van der Waals surface area contributed by atoms with Gasteiger partial charge in [0.2, 0.25) is 5.91 Å². The highest BCUT2D eigenvalue weighted by molar-refractivity contribution is 6.29. The molecule has 0 N–H and O–H groups in total. The molecule has 0 aliphatic heterocycles. The Hall–Kier alpha value is -1.30. The lowest BCUT2D eigenvalue weighted by atomic mass is 9.99. The number of benzene rings is 1. The molecule has 0 aliphatic rings. The van der Waals surface area contributed by atoms with Crippen molar-refractivity contribution in [3.63, 3.8) is 0 Å². The standard InChI is InChI=1S/C18H28ClNO4/c1-5-22-10-11-24-16-9-7-8-15(14(3)4)18(16)20(13-23-6-2)17(21)12-19/h7-9,14H,5-6,10-13H2,1-4H3. The summed E-state index contributed by atoms with van der Waals surface area (Å²) in [7, 11) is 0. The van der Waals surface area contributed by atoms with Crippen molar-refractivity contribution >= 4 is 23.2 Å². The third-order valence-corrected chi connectivity index (χ3v) is 3.68. The Kier molecular flexibility index (Phi) is 9.76. The van der Waals surface area contributed by atoms with Gasteiger partial charge in [-0.2, -0.15) is 0 Å². The number of hydrogen-bond donors (Lipinski definition) is 0. The minimum absolute atomic E-state index is 0.113. The van der Waals surface area contributed by atoms with E-state index in [1.165, 1.54) is 0 Å². The van der Waals surface area contributed by atoms with E-state index in [1.807, 2.05) is 32.0 Å². The maximum absolute atomic E-state index is 12.4. The molecule has 0 bridgehead atoms. The highest BCUT2D eigenvalue weighted by Gasteiger charge is 2.23. The fourth-order valence-corrected chi connectivity index (χ4v) is 2.43. The second-order valence-corrected chi connectivity index (χ2v) is 5.74. The highest BCUT2D eigenvalue weighted by atomic mass is 35.5. The molecule has 6 heteroatoms. The van der Waals surface area contributed by atoms with Gasteiger partial charge in [-0.05, 0) is 31.4 Å². The number of carbonyl (C=O) groups excluding carboxylic acids is 1. The van der Waals surface area contributed by atoms with Crippen molar-refractivity contribution in [2.75, 3.05) is 43.9 Å². The maximum Gasteiger partial charge on any atom is 0.243 e. The summed E-state index contributed by atoms with van der Waals surface area (Å²) < 4.78 is 16.7. The van der Waals surface area contributed by atoms with Gasteiger partial charge in [-0.1, -0.05) is 26.0 Å². The number of nitrogens with zero attached hydrogens (tertiary/aromatic N) is 1. The zero-order chi connectivity index (χ0) is 17.9. The van der Waals surface area contributed by atoms with Crippen LogP contribution in [-0.2, 0) is 14.3 Å². The molecule has 136 valence electrons. The molecule has 0 saturated heterocycles. The summed E-state index contributed by atoms with van der Waals surface area (Å²) in [6.07, 6.45) is 0. The summed E-state index contributed by atoms with van der Waals surface area (Å²) in [6.45, 7) is 10.2. The largest absolute Gasteiger partial charge is 0.489 e. The van der Waals surface area contributed by atoms with Gasteiger partial charge in [-0.3, -0.25) is 9.69 Å². The molecular weight excluding hydrogens is 330 g/mol. The van der Waals surface area contributed by atoms with E-state index in [9.17, 15) is 4.79 Å². The van der Waals surface area contributed by atoms with Gasteiger partial charge in [0.15, 0.2) is 0 Å². The molecule has 0 fully saturated rings. The van der Waals surface area contributed by atoms with E-state index in [2.05, 4.69) is 13.8 Å². The first kappa shape index (κ1) is 20.7. The van der Waals surface area contributed by atoms with Crippen LogP contribution in [0.25, 0.3) is 0 Å². The van der Waals surface area contributed by atoms with Gasteiger partial charge < -0.3 is 14.2 Å². The van der Waals surface area contributed by atoms with E-state index in [4.69, 9.17) is 25.8 Å². The number of rotatable bonds is 11. The van der Waals surface area contributed by atoms with E-state index in [0.717, 1.165) is 11.3 Å². The predicted molar refractivity (Wildman–Crippen MR) is 97.2 cm³/mol. The molecule has 1 amide bonds. The molecule has 0 spiro atoms. The van der Waals surface area contributed by atoms with Gasteiger partial charge in [0, 0.05) is 13.2 Å². The molecule has 5 nitrogen and oxygen atoms in total. The zero-order valence-corrected chi connectivity index (χ0v) is 15.8. The number of para-hydroxylation sites is 1. The Morgan fingerprint density at radius 3 is 2.46 bits per heavy atom. The van der Waals surface area contributed by atoms with Crippen LogP contribution < -0.4 is 9.64 Å². The van der Waals surface area contributed by atoms with Gasteiger partial charge in [-0.15, -0.1) is 11.6 Å². The van der Waals surface area contributed by atoms with Crippen LogP contribution in [0.3, 0.4) is 0 Å². The van der Waals surface area contributed by atoms with E-state index >= 15 is 0 Å². The molecule has 0 unspecified atom stereocenters. The SMILES string of the molecule is CCOCCOc1cccc(C(C)C)c1N(COCC)C(=O)CCl. The van der Waals surface area contributed by atoms with Crippen molar-refractivity contribution in [3.8, 4) is 5.75 Å². The average Bonchev–Trinajstić information content (AvgIpc) is 2.59. The minimum Gasteiger partial charge on any atom is -0.489 e. The van der Waals surface area contributed by atoms with Crippen molar-refractivity contribution in [1.82, 2.24) is 0 Å². The second kappa shape index (κ2) is 11.3. The number of carbonyl (C=O) groups is 1. The molecule has 0 saturated carbocycles. The van der Waals surface area contributed by atoms with E-state index in [-0.39, 0.29) is 24.4 Å². The zero-order valence-electron chi connectivity index (χ0n) is 15.0. The van der Waals surface area contributed by atoms with Crippen LogP contribution in [-0.4, -0.2) is 44.9 Å². The number of ether oxygens (including phenoxy) is 3. The lowest BCUT2D eigenvalue weighted by molar-refractivity contribution is -0.117. The lowest BCUT2D eigenvalue weighted by Crippen LogP contribution is -2.35. The Labute approximate surface area is 149 Å². The predicted octanol–water partition coefficient (Wildman–Crippen LogP) is 3.79. The number of anilines is 1. The van der Waals surface area contributed by atoms with E-state index in [1.54, 1.807) is 4.90 Å². The third kappa shape index (κ3) is 5.96. The van der Waals surface area contributed by atoms with Crippen molar-refractivity contribution in [3.05, 3.63) is 23.8 Å². The first-order chi connectivity index (χ1) is 11.6. The second-order valence-electron chi connectivity index (χ2n) is 5.47. The van der Waals surface area contributed by atoms with E-state index < -0.39 is 0 Å². The molecule has 0 aromatic heterocycles. The fraction of sp³-hybridized carbons (Fsp3) is 0.611. The quantitative estimate of drug-likeness (QED) is 0.343. The van der Waals surface area contributed by atoms with Crippen LogP contribution >= 0.6 is 11.6 Å². The molecule has 0 aliphatic carbocycles. The molecular formula is C18H28ClNO4. The van der Waals surface area contributed by atoms with Crippen LogP contribution in [0.2, 0.25) is 0 Å². The summed E-state index contributed by atoms with van der Waals surface area (Å²) in [6, 6.07) is 5.78. The Morgan fingerprint density at radius 1 is 1.17 bits per heavy atom. The fourth-order valence-electron chi connectivity index (χ4n) is 2.28. The number of amides is 1. The Morgan fingerprint density at radius 2 is 1.88 bits per heavy atom. The van der Waals surface area contributed by atoms with Crippen LogP contribution in [0.15, 0.2) is 18.2 Å². The summed E-state index contributed by atoms with van der Waals surface area (Å²) >= 11 is 5.80. The van der Waals surface area contributed by atoms with E-state index in [0.29, 0.717) is 32.2 Å².